The highest BCUT2D eigenvalue weighted by molar-refractivity contribution is 9.09. The predicted molar refractivity (Wildman–Crippen MR) is 71.1 cm³/mol. The molecule has 17 heavy (non-hydrogen) atoms. The summed E-state index contributed by atoms with van der Waals surface area (Å²) in [5.74, 6) is 0. The van der Waals surface area contributed by atoms with Crippen LogP contribution in [0.2, 0.25) is 0 Å². The number of aliphatic hydroxyl groups excluding tert-OH is 2. The fraction of sp³-hybridized carbons (Fsp3) is 0.308. The highest BCUT2D eigenvalue weighted by Crippen LogP contribution is 2.26. The molecule has 0 aliphatic carbocycles. The van der Waals surface area contributed by atoms with Crippen LogP contribution in [0.25, 0.3) is 10.8 Å². The number of pyridine rings is 1. The van der Waals surface area contributed by atoms with Crippen LogP contribution in [-0.2, 0) is 0 Å². The van der Waals surface area contributed by atoms with Gasteiger partial charge in [-0.3, -0.25) is 4.98 Å². The van der Waals surface area contributed by atoms with E-state index in [0.717, 1.165) is 16.3 Å². The van der Waals surface area contributed by atoms with Crippen LogP contribution >= 0.6 is 15.9 Å². The van der Waals surface area contributed by atoms with Crippen molar-refractivity contribution in [3.63, 3.8) is 0 Å². The van der Waals surface area contributed by atoms with Crippen molar-refractivity contribution >= 4 is 26.7 Å². The molecule has 2 rings (SSSR count). The largest absolute Gasteiger partial charge is 0.390 e. The minimum atomic E-state index is -0.862. The number of halogens is 1. The van der Waals surface area contributed by atoms with Gasteiger partial charge in [-0.15, -0.1) is 0 Å². The summed E-state index contributed by atoms with van der Waals surface area (Å²) in [6.45, 7) is 0. The molecule has 0 radical (unpaired) electrons. The minimum absolute atomic E-state index is 0.517. The molecule has 0 aliphatic heterocycles. The van der Waals surface area contributed by atoms with Gasteiger partial charge in [0.25, 0.3) is 0 Å². The van der Waals surface area contributed by atoms with E-state index in [2.05, 4.69) is 20.9 Å². The molecule has 0 fully saturated rings. The molecule has 3 nitrogen and oxygen atoms in total. The summed E-state index contributed by atoms with van der Waals surface area (Å²) in [6, 6.07) is 7.50. The Labute approximate surface area is 108 Å². The Hall–Kier alpha value is -0.970. The zero-order valence-electron chi connectivity index (χ0n) is 9.25. The van der Waals surface area contributed by atoms with Crippen LogP contribution in [-0.4, -0.2) is 26.6 Å². The smallest absolute Gasteiger partial charge is 0.105 e. The SMILES string of the molecule is OC(CCBr)C(O)c1cccc2cnccc12. The average Bonchev–Trinajstić information content (AvgIpc) is 2.37. The van der Waals surface area contributed by atoms with Crippen molar-refractivity contribution in [1.82, 2.24) is 4.98 Å². The lowest BCUT2D eigenvalue weighted by molar-refractivity contribution is 0.0182. The molecule has 1 heterocycles. The van der Waals surface area contributed by atoms with E-state index in [1.54, 1.807) is 12.4 Å². The van der Waals surface area contributed by atoms with Crippen molar-refractivity contribution in [2.24, 2.45) is 0 Å². The van der Waals surface area contributed by atoms with E-state index in [-0.39, 0.29) is 0 Å². The first kappa shape index (κ1) is 12.5. The molecule has 1 aromatic carbocycles. The summed E-state index contributed by atoms with van der Waals surface area (Å²) >= 11 is 3.26. The third kappa shape index (κ3) is 2.65. The Morgan fingerprint density at radius 3 is 2.82 bits per heavy atom. The molecule has 0 amide bonds. The number of aromatic nitrogens is 1. The summed E-state index contributed by atoms with van der Waals surface area (Å²) < 4.78 is 0. The van der Waals surface area contributed by atoms with Crippen molar-refractivity contribution in [1.29, 1.82) is 0 Å². The normalized spacial score (nSPS) is 14.8. The first-order valence-corrected chi connectivity index (χ1v) is 6.61. The van der Waals surface area contributed by atoms with E-state index >= 15 is 0 Å². The molecule has 2 aromatic rings. The lowest BCUT2D eigenvalue weighted by Gasteiger charge is -2.18. The monoisotopic (exact) mass is 295 g/mol. The highest BCUT2D eigenvalue weighted by atomic mass is 79.9. The van der Waals surface area contributed by atoms with Crippen LogP contribution in [0.4, 0.5) is 0 Å². The van der Waals surface area contributed by atoms with Gasteiger partial charge >= 0.3 is 0 Å². The number of nitrogens with zero attached hydrogens (tertiary/aromatic N) is 1. The van der Waals surface area contributed by atoms with Crippen LogP contribution in [0.1, 0.15) is 18.1 Å². The maximum absolute atomic E-state index is 10.1. The van der Waals surface area contributed by atoms with Gasteiger partial charge in [-0.05, 0) is 23.4 Å². The van der Waals surface area contributed by atoms with E-state index in [9.17, 15) is 10.2 Å². The third-order valence-corrected chi connectivity index (χ3v) is 3.26. The standard InChI is InChI=1S/C13H14BrNO2/c14-6-4-12(16)13(17)11-3-1-2-9-8-15-7-5-10(9)11/h1-3,5,7-8,12-13,16-17H,4,6H2. The average molecular weight is 296 g/mol. The molecular formula is C13H14BrNO2. The number of benzene rings is 1. The molecule has 0 saturated heterocycles. The molecule has 0 spiro atoms. The fourth-order valence-electron chi connectivity index (χ4n) is 1.88. The Morgan fingerprint density at radius 2 is 2.06 bits per heavy atom. The van der Waals surface area contributed by atoms with Gasteiger partial charge in [0, 0.05) is 23.1 Å². The van der Waals surface area contributed by atoms with E-state index < -0.39 is 12.2 Å². The maximum Gasteiger partial charge on any atom is 0.105 e. The van der Waals surface area contributed by atoms with Gasteiger partial charge < -0.3 is 10.2 Å². The number of alkyl halides is 1. The second-order valence-corrected chi connectivity index (χ2v) is 4.73. The van der Waals surface area contributed by atoms with E-state index in [1.807, 2.05) is 24.3 Å². The van der Waals surface area contributed by atoms with Crippen molar-refractivity contribution in [2.75, 3.05) is 5.33 Å². The first-order valence-electron chi connectivity index (χ1n) is 5.49. The van der Waals surface area contributed by atoms with Gasteiger partial charge in [-0.25, -0.2) is 0 Å². The molecule has 4 heteroatoms. The molecular weight excluding hydrogens is 282 g/mol. The second-order valence-electron chi connectivity index (χ2n) is 3.93. The minimum Gasteiger partial charge on any atom is -0.390 e. The Morgan fingerprint density at radius 1 is 1.24 bits per heavy atom. The maximum atomic E-state index is 10.1. The van der Waals surface area contributed by atoms with Crippen LogP contribution < -0.4 is 0 Å². The predicted octanol–water partition coefficient (Wildman–Crippen LogP) is 2.41. The van der Waals surface area contributed by atoms with Gasteiger partial charge in [-0.2, -0.15) is 0 Å². The summed E-state index contributed by atoms with van der Waals surface area (Å²) in [4.78, 5) is 4.04. The van der Waals surface area contributed by atoms with Gasteiger partial charge in [0.15, 0.2) is 0 Å². The lowest BCUT2D eigenvalue weighted by atomic mass is 9.97. The fourth-order valence-corrected chi connectivity index (χ4v) is 2.35. The number of hydrogen-bond acceptors (Lipinski definition) is 3. The summed E-state index contributed by atoms with van der Waals surface area (Å²) in [7, 11) is 0. The van der Waals surface area contributed by atoms with Crippen LogP contribution in [0.15, 0.2) is 36.7 Å². The Balaban J connectivity index is 2.41. The second kappa shape index (κ2) is 5.58. The van der Waals surface area contributed by atoms with E-state index in [1.165, 1.54) is 0 Å². The van der Waals surface area contributed by atoms with E-state index in [4.69, 9.17) is 0 Å². The first-order chi connectivity index (χ1) is 8.24. The van der Waals surface area contributed by atoms with Gasteiger partial charge in [0.2, 0.25) is 0 Å². The van der Waals surface area contributed by atoms with Crippen molar-refractivity contribution in [2.45, 2.75) is 18.6 Å². The van der Waals surface area contributed by atoms with Gasteiger partial charge in [0.1, 0.15) is 6.10 Å². The van der Waals surface area contributed by atoms with Crippen molar-refractivity contribution in [3.05, 3.63) is 42.2 Å². The molecule has 2 atom stereocenters. The molecule has 90 valence electrons. The topological polar surface area (TPSA) is 53.4 Å². The quantitative estimate of drug-likeness (QED) is 0.852. The van der Waals surface area contributed by atoms with Crippen molar-refractivity contribution in [3.8, 4) is 0 Å². The van der Waals surface area contributed by atoms with Crippen LogP contribution in [0, 0.1) is 0 Å². The van der Waals surface area contributed by atoms with E-state index in [0.29, 0.717) is 11.8 Å². The summed E-state index contributed by atoms with van der Waals surface area (Å²) in [5, 5.41) is 22.5. The highest BCUT2D eigenvalue weighted by Gasteiger charge is 2.19. The lowest BCUT2D eigenvalue weighted by Crippen LogP contribution is -2.18. The molecule has 0 aliphatic rings. The zero-order chi connectivity index (χ0) is 12.3. The van der Waals surface area contributed by atoms with Crippen molar-refractivity contribution < 1.29 is 10.2 Å². The molecule has 1 aromatic heterocycles. The number of aliphatic hydroxyl groups is 2. The summed E-state index contributed by atoms with van der Waals surface area (Å²) in [5.41, 5.74) is 0.748. The van der Waals surface area contributed by atoms with Crippen LogP contribution in [0.5, 0.6) is 0 Å². The zero-order valence-corrected chi connectivity index (χ0v) is 10.8. The Bertz CT molecular complexity index is 498. The molecule has 2 unspecified atom stereocenters. The summed E-state index contributed by atoms with van der Waals surface area (Å²) in [6.07, 6.45) is 2.34. The number of fused-ring (bicyclic) bond motifs is 1. The van der Waals surface area contributed by atoms with Gasteiger partial charge in [-0.1, -0.05) is 34.1 Å². The molecule has 2 N–H and O–H groups in total. The number of rotatable bonds is 4. The van der Waals surface area contributed by atoms with Gasteiger partial charge in [0.05, 0.1) is 6.10 Å². The third-order valence-electron chi connectivity index (χ3n) is 2.80. The Kier molecular flexibility index (Phi) is 4.10. The molecule has 0 bridgehead atoms. The number of hydrogen-bond donors (Lipinski definition) is 2. The van der Waals surface area contributed by atoms with Crippen LogP contribution in [0.3, 0.4) is 0 Å². The molecule has 0 saturated carbocycles.